The zero-order chi connectivity index (χ0) is 9.14. The standard InChI is InChI=1S/C8H14N2OS/c1-8-9(2)6-4-5-7-12(11)10(8)3/h4-5H,1,6-7H2,2-3H3/b5-4-. The van der Waals surface area contributed by atoms with Gasteiger partial charge in [0.1, 0.15) is 11.6 Å². The van der Waals surface area contributed by atoms with E-state index in [1.54, 1.807) is 11.4 Å². The molecule has 1 heterocycles. The SMILES string of the molecule is C=C1N(C)C/C=C\C[S+]([O-])N1C. The maximum absolute atomic E-state index is 11.4. The summed E-state index contributed by atoms with van der Waals surface area (Å²) in [6.45, 7) is 4.69. The monoisotopic (exact) mass is 186 g/mol. The summed E-state index contributed by atoms with van der Waals surface area (Å²) in [5, 5.41) is 0. The predicted molar refractivity (Wildman–Crippen MR) is 51.7 cm³/mol. The largest absolute Gasteiger partial charge is 0.593 e. The quantitative estimate of drug-likeness (QED) is 0.409. The smallest absolute Gasteiger partial charge is 0.149 e. The fourth-order valence-corrected chi connectivity index (χ4v) is 1.86. The van der Waals surface area contributed by atoms with Crippen molar-refractivity contribution in [3.63, 3.8) is 0 Å². The molecule has 0 fully saturated rings. The Balaban J connectivity index is 2.73. The van der Waals surface area contributed by atoms with Gasteiger partial charge in [-0.2, -0.15) is 4.31 Å². The summed E-state index contributed by atoms with van der Waals surface area (Å²) >= 11 is -0.959. The molecule has 12 heavy (non-hydrogen) atoms. The Morgan fingerprint density at radius 2 is 2.17 bits per heavy atom. The number of rotatable bonds is 0. The molecule has 3 nitrogen and oxygen atoms in total. The van der Waals surface area contributed by atoms with Crippen molar-refractivity contribution in [3.8, 4) is 0 Å². The lowest BCUT2D eigenvalue weighted by Gasteiger charge is -2.30. The third-order valence-electron chi connectivity index (χ3n) is 1.89. The average Bonchev–Trinajstić information content (AvgIpc) is 2.07. The molecule has 4 heteroatoms. The maximum atomic E-state index is 11.4. The molecule has 0 aromatic rings. The summed E-state index contributed by atoms with van der Waals surface area (Å²) in [5.41, 5.74) is 0. The van der Waals surface area contributed by atoms with Crippen LogP contribution in [-0.4, -0.2) is 40.2 Å². The Morgan fingerprint density at radius 3 is 2.83 bits per heavy atom. The van der Waals surface area contributed by atoms with Crippen molar-refractivity contribution >= 4 is 11.4 Å². The minimum Gasteiger partial charge on any atom is -0.593 e. The van der Waals surface area contributed by atoms with Crippen LogP contribution in [0, 0.1) is 0 Å². The lowest BCUT2D eigenvalue weighted by molar-refractivity contribution is 0.363. The van der Waals surface area contributed by atoms with E-state index in [1.807, 2.05) is 24.1 Å². The molecule has 0 spiro atoms. The first kappa shape index (κ1) is 9.48. The van der Waals surface area contributed by atoms with Gasteiger partial charge in [0.25, 0.3) is 0 Å². The van der Waals surface area contributed by atoms with Gasteiger partial charge in [0, 0.05) is 13.6 Å². The van der Waals surface area contributed by atoms with E-state index in [-0.39, 0.29) is 0 Å². The second-order valence-corrected chi connectivity index (χ2v) is 4.28. The molecule has 0 aromatic carbocycles. The third kappa shape index (κ3) is 1.95. The van der Waals surface area contributed by atoms with Crippen LogP contribution < -0.4 is 0 Å². The van der Waals surface area contributed by atoms with Crippen molar-refractivity contribution in [3.05, 3.63) is 24.6 Å². The van der Waals surface area contributed by atoms with Crippen LogP contribution >= 0.6 is 0 Å². The number of hydrogen-bond donors (Lipinski definition) is 0. The molecule has 68 valence electrons. The fraction of sp³-hybridized carbons (Fsp3) is 0.500. The van der Waals surface area contributed by atoms with E-state index in [9.17, 15) is 4.55 Å². The molecule has 0 aliphatic carbocycles. The number of likely N-dealkylation sites (N-methyl/N-ethyl adjacent to an activating group) is 1. The van der Waals surface area contributed by atoms with Gasteiger partial charge >= 0.3 is 0 Å². The van der Waals surface area contributed by atoms with Crippen LogP contribution in [0.15, 0.2) is 24.6 Å². The van der Waals surface area contributed by atoms with E-state index in [0.717, 1.165) is 12.4 Å². The van der Waals surface area contributed by atoms with Crippen molar-refractivity contribution in [1.29, 1.82) is 0 Å². The molecule has 1 rings (SSSR count). The summed E-state index contributed by atoms with van der Waals surface area (Å²) in [5.74, 6) is 1.39. The van der Waals surface area contributed by atoms with Gasteiger partial charge < -0.3 is 9.45 Å². The molecule has 1 aliphatic heterocycles. The van der Waals surface area contributed by atoms with Crippen LogP contribution in [0.5, 0.6) is 0 Å². The second-order valence-electron chi connectivity index (χ2n) is 2.75. The van der Waals surface area contributed by atoms with Gasteiger partial charge in [0.2, 0.25) is 0 Å². The van der Waals surface area contributed by atoms with Crippen LogP contribution in [0.3, 0.4) is 0 Å². The summed E-state index contributed by atoms with van der Waals surface area (Å²) in [7, 11) is 3.74. The highest BCUT2D eigenvalue weighted by Crippen LogP contribution is 2.12. The third-order valence-corrected chi connectivity index (χ3v) is 3.19. The normalized spacial score (nSPS) is 28.2. The van der Waals surface area contributed by atoms with Crippen molar-refractivity contribution in [2.75, 3.05) is 26.4 Å². The van der Waals surface area contributed by atoms with Gasteiger partial charge in [-0.05, 0) is 6.08 Å². The van der Waals surface area contributed by atoms with Crippen LogP contribution in [0.25, 0.3) is 0 Å². The zero-order valence-electron chi connectivity index (χ0n) is 7.49. The lowest BCUT2D eigenvalue weighted by Crippen LogP contribution is -2.36. The van der Waals surface area contributed by atoms with Gasteiger partial charge in [0.05, 0.1) is 18.4 Å². The molecule has 0 N–H and O–H groups in total. The van der Waals surface area contributed by atoms with E-state index in [2.05, 4.69) is 6.58 Å². The minimum atomic E-state index is -0.959. The van der Waals surface area contributed by atoms with Crippen molar-refractivity contribution in [1.82, 2.24) is 9.21 Å². The number of hydrogen-bond acceptors (Lipinski definition) is 3. The molecule has 0 bridgehead atoms. The maximum Gasteiger partial charge on any atom is 0.149 e. The Hall–Kier alpha value is -0.610. The Morgan fingerprint density at radius 1 is 1.50 bits per heavy atom. The van der Waals surface area contributed by atoms with Crippen LogP contribution in [0.2, 0.25) is 0 Å². The summed E-state index contributed by atoms with van der Waals surface area (Å²) in [6, 6.07) is 0. The van der Waals surface area contributed by atoms with Crippen molar-refractivity contribution in [2.45, 2.75) is 0 Å². The van der Waals surface area contributed by atoms with E-state index in [1.165, 1.54) is 0 Å². The van der Waals surface area contributed by atoms with E-state index < -0.39 is 11.4 Å². The first-order chi connectivity index (χ1) is 5.63. The number of nitrogens with zero attached hydrogens (tertiary/aromatic N) is 2. The van der Waals surface area contributed by atoms with Crippen LogP contribution in [0.1, 0.15) is 0 Å². The molecule has 0 radical (unpaired) electrons. The molecule has 0 saturated heterocycles. The van der Waals surface area contributed by atoms with Gasteiger partial charge in [-0.1, -0.05) is 12.7 Å². The summed E-state index contributed by atoms with van der Waals surface area (Å²) < 4.78 is 13.1. The molecule has 1 atom stereocenters. The molecule has 1 unspecified atom stereocenters. The second kappa shape index (κ2) is 3.87. The summed E-state index contributed by atoms with van der Waals surface area (Å²) in [6.07, 6.45) is 3.95. The highest BCUT2D eigenvalue weighted by molar-refractivity contribution is 7.89. The van der Waals surface area contributed by atoms with Crippen molar-refractivity contribution < 1.29 is 4.55 Å². The van der Waals surface area contributed by atoms with Gasteiger partial charge in [0.15, 0.2) is 0 Å². The molecule has 0 amide bonds. The average molecular weight is 186 g/mol. The predicted octanol–water partition coefficient (Wildman–Crippen LogP) is 0.555. The highest BCUT2D eigenvalue weighted by atomic mass is 32.2. The topological polar surface area (TPSA) is 29.5 Å². The molecule has 1 aliphatic rings. The highest BCUT2D eigenvalue weighted by Gasteiger charge is 2.18. The molecule has 0 aromatic heterocycles. The van der Waals surface area contributed by atoms with Crippen LogP contribution in [-0.2, 0) is 11.4 Å². The van der Waals surface area contributed by atoms with Gasteiger partial charge in [-0.15, -0.1) is 0 Å². The molecular formula is C8H14N2OS. The van der Waals surface area contributed by atoms with Crippen molar-refractivity contribution in [2.24, 2.45) is 0 Å². The Bertz CT molecular complexity index is 205. The summed E-state index contributed by atoms with van der Waals surface area (Å²) in [4.78, 5) is 1.97. The van der Waals surface area contributed by atoms with Gasteiger partial charge in [-0.25, -0.2) is 0 Å². The van der Waals surface area contributed by atoms with E-state index >= 15 is 0 Å². The Kier molecular flexibility index (Phi) is 3.05. The lowest BCUT2D eigenvalue weighted by atomic mass is 10.5. The molecule has 0 saturated carbocycles. The van der Waals surface area contributed by atoms with E-state index in [0.29, 0.717) is 5.75 Å². The van der Waals surface area contributed by atoms with Gasteiger partial charge in [-0.3, -0.25) is 0 Å². The molecular weight excluding hydrogens is 172 g/mol. The first-order valence-electron chi connectivity index (χ1n) is 3.80. The minimum absolute atomic E-state index is 0.587. The Labute approximate surface area is 76.7 Å². The fourth-order valence-electron chi connectivity index (χ4n) is 0.958. The zero-order valence-corrected chi connectivity index (χ0v) is 8.30. The van der Waals surface area contributed by atoms with E-state index in [4.69, 9.17) is 0 Å². The van der Waals surface area contributed by atoms with Crippen LogP contribution in [0.4, 0.5) is 0 Å². The first-order valence-corrected chi connectivity index (χ1v) is 5.07.